The standard InChI is InChI=1S/C24H30BrF2N3O4S/c1-4-12-28-24(32)17(2)29(16-18-7-5-8-19(25)14-18)23(31)9-6-13-30(35(3,33)34)20-10-11-21(26)22(27)15-20/h5,7-8,10-11,14-15,17H,4,6,9,12-13,16H2,1-3H3,(H,28,32). The molecule has 2 aromatic rings. The van der Waals surface area contributed by atoms with Crippen LogP contribution in [0.3, 0.4) is 0 Å². The van der Waals surface area contributed by atoms with Crippen molar-refractivity contribution >= 4 is 43.5 Å². The van der Waals surface area contributed by atoms with Crippen LogP contribution < -0.4 is 9.62 Å². The number of benzene rings is 2. The fourth-order valence-corrected chi connectivity index (χ4v) is 4.86. The molecule has 0 spiro atoms. The first-order chi connectivity index (χ1) is 16.4. The normalized spacial score (nSPS) is 12.2. The van der Waals surface area contributed by atoms with Gasteiger partial charge in [0, 0.05) is 36.6 Å². The van der Waals surface area contributed by atoms with E-state index < -0.39 is 27.7 Å². The van der Waals surface area contributed by atoms with Crippen molar-refractivity contribution in [1.82, 2.24) is 10.2 Å². The summed E-state index contributed by atoms with van der Waals surface area (Å²) in [5.74, 6) is -2.87. The topological polar surface area (TPSA) is 86.8 Å². The maximum absolute atomic E-state index is 13.7. The molecular formula is C24H30BrF2N3O4S. The Morgan fingerprint density at radius 1 is 1.11 bits per heavy atom. The van der Waals surface area contributed by atoms with Crippen LogP contribution in [0.4, 0.5) is 14.5 Å². The number of hydrogen-bond acceptors (Lipinski definition) is 4. The number of carbonyl (C=O) groups excluding carboxylic acids is 2. The lowest BCUT2D eigenvalue weighted by Crippen LogP contribution is -2.47. The Bertz CT molecular complexity index is 1150. The molecule has 2 rings (SSSR count). The minimum Gasteiger partial charge on any atom is -0.354 e. The van der Waals surface area contributed by atoms with E-state index in [1.165, 1.54) is 11.0 Å². The molecule has 0 saturated heterocycles. The van der Waals surface area contributed by atoms with Gasteiger partial charge in [-0.15, -0.1) is 0 Å². The average molecular weight is 574 g/mol. The third-order valence-corrected chi connectivity index (χ3v) is 6.99. The first-order valence-electron chi connectivity index (χ1n) is 11.2. The van der Waals surface area contributed by atoms with Crippen LogP contribution in [0.1, 0.15) is 38.7 Å². The summed E-state index contributed by atoms with van der Waals surface area (Å²) >= 11 is 3.40. The maximum Gasteiger partial charge on any atom is 0.242 e. The van der Waals surface area contributed by atoms with Crippen LogP contribution in [-0.4, -0.2) is 50.5 Å². The molecule has 0 heterocycles. The smallest absolute Gasteiger partial charge is 0.242 e. The molecule has 35 heavy (non-hydrogen) atoms. The van der Waals surface area contributed by atoms with Crippen molar-refractivity contribution in [3.8, 4) is 0 Å². The molecule has 1 unspecified atom stereocenters. The van der Waals surface area contributed by atoms with Crippen LogP contribution in [0.25, 0.3) is 0 Å². The number of halogens is 3. The predicted molar refractivity (Wildman–Crippen MR) is 135 cm³/mol. The lowest BCUT2D eigenvalue weighted by molar-refractivity contribution is -0.140. The first-order valence-corrected chi connectivity index (χ1v) is 13.8. The quantitative estimate of drug-likeness (QED) is 0.412. The highest BCUT2D eigenvalue weighted by Gasteiger charge is 2.26. The van der Waals surface area contributed by atoms with E-state index in [1.54, 1.807) is 6.92 Å². The number of nitrogens with zero attached hydrogens (tertiary/aromatic N) is 2. The van der Waals surface area contributed by atoms with E-state index in [1.807, 2.05) is 31.2 Å². The van der Waals surface area contributed by atoms with Gasteiger partial charge in [-0.25, -0.2) is 17.2 Å². The molecule has 0 radical (unpaired) electrons. The third-order valence-electron chi connectivity index (χ3n) is 5.30. The summed E-state index contributed by atoms with van der Waals surface area (Å²) in [6.07, 6.45) is 1.78. The largest absolute Gasteiger partial charge is 0.354 e. The van der Waals surface area contributed by atoms with Gasteiger partial charge in [0.15, 0.2) is 11.6 Å². The molecule has 0 saturated carbocycles. The van der Waals surface area contributed by atoms with E-state index in [9.17, 15) is 26.8 Å². The molecular weight excluding hydrogens is 544 g/mol. The Morgan fingerprint density at radius 3 is 2.43 bits per heavy atom. The summed E-state index contributed by atoms with van der Waals surface area (Å²) in [4.78, 5) is 27.2. The van der Waals surface area contributed by atoms with Crippen molar-refractivity contribution in [3.63, 3.8) is 0 Å². The van der Waals surface area contributed by atoms with Crippen molar-refractivity contribution in [1.29, 1.82) is 0 Å². The molecule has 0 fully saturated rings. The summed E-state index contributed by atoms with van der Waals surface area (Å²) in [7, 11) is -3.81. The van der Waals surface area contributed by atoms with Gasteiger partial charge in [0.2, 0.25) is 21.8 Å². The number of sulfonamides is 1. The average Bonchev–Trinajstić information content (AvgIpc) is 2.79. The van der Waals surface area contributed by atoms with Gasteiger partial charge in [0.1, 0.15) is 6.04 Å². The molecule has 0 bridgehead atoms. The van der Waals surface area contributed by atoms with Crippen LogP contribution in [0, 0.1) is 11.6 Å². The van der Waals surface area contributed by atoms with Gasteiger partial charge >= 0.3 is 0 Å². The lowest BCUT2D eigenvalue weighted by Gasteiger charge is -2.29. The van der Waals surface area contributed by atoms with E-state index >= 15 is 0 Å². The van der Waals surface area contributed by atoms with Crippen LogP contribution in [-0.2, 0) is 26.2 Å². The highest BCUT2D eigenvalue weighted by atomic mass is 79.9. The van der Waals surface area contributed by atoms with Crippen LogP contribution in [0.2, 0.25) is 0 Å². The molecule has 192 valence electrons. The van der Waals surface area contributed by atoms with Gasteiger partial charge in [-0.3, -0.25) is 13.9 Å². The number of hydrogen-bond donors (Lipinski definition) is 1. The molecule has 2 aromatic carbocycles. The molecule has 7 nitrogen and oxygen atoms in total. The fraction of sp³-hybridized carbons (Fsp3) is 0.417. The van der Waals surface area contributed by atoms with E-state index in [0.717, 1.165) is 39.2 Å². The summed E-state index contributed by atoms with van der Waals surface area (Å²) < 4.78 is 53.3. The van der Waals surface area contributed by atoms with Crippen LogP contribution in [0.5, 0.6) is 0 Å². The second-order valence-corrected chi connectivity index (χ2v) is 11.0. The maximum atomic E-state index is 13.7. The minimum absolute atomic E-state index is 0.0304. The molecule has 0 aliphatic carbocycles. The highest BCUT2D eigenvalue weighted by Crippen LogP contribution is 2.22. The van der Waals surface area contributed by atoms with Gasteiger partial charge in [-0.1, -0.05) is 35.0 Å². The van der Waals surface area contributed by atoms with E-state index in [2.05, 4.69) is 21.2 Å². The third kappa shape index (κ3) is 8.57. The van der Waals surface area contributed by atoms with E-state index in [4.69, 9.17) is 0 Å². The molecule has 2 amide bonds. The number of nitrogens with one attached hydrogen (secondary N) is 1. The Hall–Kier alpha value is -2.53. The van der Waals surface area contributed by atoms with Crippen molar-refractivity contribution in [2.45, 2.75) is 45.7 Å². The second kappa shape index (κ2) is 13.0. The lowest BCUT2D eigenvalue weighted by atomic mass is 10.1. The van der Waals surface area contributed by atoms with Crippen LogP contribution >= 0.6 is 15.9 Å². The molecule has 0 aliphatic rings. The summed E-state index contributed by atoms with van der Waals surface area (Å²) in [5.41, 5.74) is 0.791. The first kappa shape index (κ1) is 28.7. The number of anilines is 1. The van der Waals surface area contributed by atoms with Crippen molar-refractivity contribution in [3.05, 3.63) is 64.1 Å². The second-order valence-electron chi connectivity index (χ2n) is 8.16. The zero-order valence-corrected chi connectivity index (χ0v) is 22.3. The van der Waals surface area contributed by atoms with Gasteiger partial charge in [-0.05, 0) is 49.6 Å². The van der Waals surface area contributed by atoms with Crippen molar-refractivity contribution in [2.24, 2.45) is 0 Å². The summed E-state index contributed by atoms with van der Waals surface area (Å²) in [6, 6.07) is 9.45. The van der Waals surface area contributed by atoms with E-state index in [-0.39, 0.29) is 43.4 Å². The highest BCUT2D eigenvalue weighted by molar-refractivity contribution is 9.10. The SMILES string of the molecule is CCCNC(=O)C(C)N(Cc1cccc(Br)c1)C(=O)CCCN(c1ccc(F)c(F)c1)S(C)(=O)=O. The summed E-state index contributed by atoms with van der Waals surface area (Å²) in [6.45, 7) is 4.13. The Labute approximate surface area is 213 Å². The molecule has 1 N–H and O–H groups in total. The number of carbonyl (C=O) groups is 2. The molecule has 1 atom stereocenters. The fourth-order valence-electron chi connectivity index (χ4n) is 3.45. The number of rotatable bonds is 12. The Balaban J connectivity index is 2.17. The predicted octanol–water partition coefficient (Wildman–Crippen LogP) is 4.22. The van der Waals surface area contributed by atoms with Crippen molar-refractivity contribution in [2.75, 3.05) is 23.7 Å². The zero-order chi connectivity index (χ0) is 26.2. The van der Waals surface area contributed by atoms with Gasteiger partial charge in [0.25, 0.3) is 0 Å². The van der Waals surface area contributed by atoms with Crippen molar-refractivity contribution < 1.29 is 26.8 Å². The van der Waals surface area contributed by atoms with Crippen LogP contribution in [0.15, 0.2) is 46.9 Å². The zero-order valence-electron chi connectivity index (χ0n) is 19.9. The Morgan fingerprint density at radius 2 is 1.83 bits per heavy atom. The molecule has 0 aromatic heterocycles. The Kier molecular flexibility index (Phi) is 10.6. The summed E-state index contributed by atoms with van der Waals surface area (Å²) in [5, 5.41) is 2.79. The van der Waals surface area contributed by atoms with E-state index in [0.29, 0.717) is 6.54 Å². The molecule has 0 aliphatic heterocycles. The monoisotopic (exact) mass is 573 g/mol. The van der Waals surface area contributed by atoms with Gasteiger partial charge in [0.05, 0.1) is 11.9 Å². The minimum atomic E-state index is -3.81. The molecule has 11 heteroatoms. The van der Waals surface area contributed by atoms with Gasteiger partial charge in [-0.2, -0.15) is 0 Å². The van der Waals surface area contributed by atoms with Gasteiger partial charge < -0.3 is 10.2 Å². The number of amides is 2.